The molecule has 1 fully saturated rings. The van der Waals surface area contributed by atoms with Crippen LogP contribution in [0.1, 0.15) is 24.1 Å². The van der Waals surface area contributed by atoms with Crippen molar-refractivity contribution in [2.45, 2.75) is 32.2 Å². The molecule has 0 bridgehead atoms. The molecule has 176 valence electrons. The van der Waals surface area contributed by atoms with Gasteiger partial charge in [0.05, 0.1) is 11.4 Å². The van der Waals surface area contributed by atoms with Gasteiger partial charge < -0.3 is 15.5 Å². The molecular formula is C24H31FIN7. The molecule has 7 nitrogen and oxygen atoms in total. The number of aromatic nitrogens is 3. The molecule has 33 heavy (non-hydrogen) atoms. The Morgan fingerprint density at radius 1 is 1.21 bits per heavy atom. The summed E-state index contributed by atoms with van der Waals surface area (Å²) in [5.74, 6) is 0.919. The lowest BCUT2D eigenvalue weighted by Gasteiger charge is -2.20. The van der Waals surface area contributed by atoms with E-state index in [0.29, 0.717) is 12.4 Å². The van der Waals surface area contributed by atoms with E-state index in [1.807, 2.05) is 27.8 Å². The highest BCUT2D eigenvalue weighted by Crippen LogP contribution is 2.20. The SMILES string of the molecule is CN=C(NCCCc1cn(-c2ccccc2)nc1C)NC1CCN(c2ncccc2F)C1.I. The number of benzene rings is 1. The predicted octanol–water partition coefficient (Wildman–Crippen LogP) is 3.71. The molecule has 0 radical (unpaired) electrons. The number of nitrogens with one attached hydrogen (secondary N) is 2. The van der Waals surface area contributed by atoms with Crippen molar-refractivity contribution in [3.05, 3.63) is 71.9 Å². The van der Waals surface area contributed by atoms with Crippen molar-refractivity contribution in [1.82, 2.24) is 25.4 Å². The van der Waals surface area contributed by atoms with Gasteiger partial charge in [-0.05, 0) is 56.0 Å². The van der Waals surface area contributed by atoms with Gasteiger partial charge in [0, 0.05) is 45.1 Å². The number of guanidine groups is 1. The van der Waals surface area contributed by atoms with Crippen LogP contribution in [0, 0.1) is 12.7 Å². The zero-order valence-electron chi connectivity index (χ0n) is 19.0. The number of hydrogen-bond donors (Lipinski definition) is 2. The molecule has 1 saturated heterocycles. The summed E-state index contributed by atoms with van der Waals surface area (Å²) in [7, 11) is 1.77. The number of hydrogen-bond acceptors (Lipinski definition) is 4. The third kappa shape index (κ3) is 6.43. The average Bonchev–Trinajstić information content (AvgIpc) is 3.43. The van der Waals surface area contributed by atoms with Gasteiger partial charge in [-0.25, -0.2) is 14.1 Å². The Balaban J connectivity index is 0.00000306. The third-order valence-electron chi connectivity index (χ3n) is 5.73. The van der Waals surface area contributed by atoms with Gasteiger partial charge in [0.1, 0.15) is 0 Å². The van der Waals surface area contributed by atoms with E-state index in [9.17, 15) is 4.39 Å². The lowest BCUT2D eigenvalue weighted by atomic mass is 10.1. The minimum Gasteiger partial charge on any atom is -0.356 e. The van der Waals surface area contributed by atoms with Gasteiger partial charge in [-0.15, -0.1) is 24.0 Å². The Bertz CT molecular complexity index is 1050. The molecule has 3 aromatic rings. The fraction of sp³-hybridized carbons (Fsp3) is 0.375. The summed E-state index contributed by atoms with van der Waals surface area (Å²) in [6.07, 6.45) is 6.57. The maximum absolute atomic E-state index is 14.0. The van der Waals surface area contributed by atoms with Crippen LogP contribution in [0.5, 0.6) is 0 Å². The second kappa shape index (κ2) is 12.0. The number of pyridine rings is 1. The molecule has 0 saturated carbocycles. The normalized spacial score (nSPS) is 15.9. The van der Waals surface area contributed by atoms with E-state index in [2.05, 4.69) is 51.0 Å². The molecule has 1 aliphatic heterocycles. The first-order chi connectivity index (χ1) is 15.6. The molecule has 1 aromatic carbocycles. The molecule has 2 aromatic heterocycles. The molecule has 1 aliphatic rings. The number of aryl methyl sites for hydroxylation is 2. The standard InChI is InChI=1S/C24H30FN7.HI/c1-18-19(16-32(30-18)21-9-4-3-5-10-21)8-6-14-28-24(26-2)29-20-12-15-31(17-20)23-22(25)11-7-13-27-23;/h3-5,7,9-11,13,16,20H,6,8,12,14-15,17H2,1-2H3,(H2,26,28,29);1H. The van der Waals surface area contributed by atoms with Crippen molar-refractivity contribution in [3.8, 4) is 5.69 Å². The average molecular weight is 563 g/mol. The van der Waals surface area contributed by atoms with E-state index in [4.69, 9.17) is 0 Å². The lowest BCUT2D eigenvalue weighted by Crippen LogP contribution is -2.45. The molecule has 3 heterocycles. The fourth-order valence-electron chi connectivity index (χ4n) is 4.01. The van der Waals surface area contributed by atoms with Gasteiger partial charge in [-0.1, -0.05) is 18.2 Å². The largest absolute Gasteiger partial charge is 0.356 e. The smallest absolute Gasteiger partial charge is 0.191 e. The van der Waals surface area contributed by atoms with Crippen molar-refractivity contribution in [2.75, 3.05) is 31.6 Å². The van der Waals surface area contributed by atoms with Gasteiger partial charge in [0.2, 0.25) is 0 Å². The van der Waals surface area contributed by atoms with Gasteiger partial charge in [-0.2, -0.15) is 5.10 Å². The van der Waals surface area contributed by atoms with Crippen LogP contribution >= 0.6 is 24.0 Å². The molecule has 1 atom stereocenters. The van der Waals surface area contributed by atoms with Crippen molar-refractivity contribution < 1.29 is 4.39 Å². The van der Waals surface area contributed by atoms with Crippen LogP contribution in [0.15, 0.2) is 59.9 Å². The molecule has 0 amide bonds. The van der Waals surface area contributed by atoms with Crippen LogP contribution in [-0.4, -0.2) is 53.4 Å². The Morgan fingerprint density at radius 2 is 2.03 bits per heavy atom. The van der Waals surface area contributed by atoms with Gasteiger partial charge >= 0.3 is 0 Å². The van der Waals surface area contributed by atoms with Gasteiger partial charge in [0.15, 0.2) is 17.6 Å². The van der Waals surface area contributed by atoms with Crippen LogP contribution < -0.4 is 15.5 Å². The first kappa shape index (κ1) is 24.9. The Morgan fingerprint density at radius 3 is 2.79 bits per heavy atom. The molecular weight excluding hydrogens is 532 g/mol. The van der Waals surface area contributed by atoms with E-state index in [0.717, 1.165) is 49.7 Å². The van der Waals surface area contributed by atoms with Crippen LogP contribution in [-0.2, 0) is 6.42 Å². The van der Waals surface area contributed by atoms with E-state index in [1.54, 1.807) is 19.3 Å². The zero-order valence-corrected chi connectivity index (χ0v) is 21.4. The number of rotatable bonds is 7. The summed E-state index contributed by atoms with van der Waals surface area (Å²) in [5, 5.41) is 11.5. The number of aliphatic imine (C=N–C) groups is 1. The van der Waals surface area contributed by atoms with E-state index >= 15 is 0 Å². The molecule has 4 rings (SSSR count). The molecule has 0 aliphatic carbocycles. The summed E-state index contributed by atoms with van der Waals surface area (Å²) in [6.45, 7) is 4.33. The highest BCUT2D eigenvalue weighted by atomic mass is 127. The predicted molar refractivity (Wildman–Crippen MR) is 141 cm³/mol. The Kier molecular flexibility index (Phi) is 9.04. The topological polar surface area (TPSA) is 70.4 Å². The summed E-state index contributed by atoms with van der Waals surface area (Å²) in [6, 6.07) is 13.4. The Hall–Kier alpha value is -2.69. The number of anilines is 1. The maximum atomic E-state index is 14.0. The van der Waals surface area contributed by atoms with Crippen molar-refractivity contribution in [1.29, 1.82) is 0 Å². The molecule has 1 unspecified atom stereocenters. The van der Waals surface area contributed by atoms with Crippen LogP contribution in [0.25, 0.3) is 5.69 Å². The molecule has 0 spiro atoms. The zero-order chi connectivity index (χ0) is 22.3. The molecule has 2 N–H and O–H groups in total. The summed E-state index contributed by atoms with van der Waals surface area (Å²) >= 11 is 0. The maximum Gasteiger partial charge on any atom is 0.191 e. The summed E-state index contributed by atoms with van der Waals surface area (Å²) in [5.41, 5.74) is 3.38. The fourth-order valence-corrected chi connectivity index (χ4v) is 4.01. The number of para-hydroxylation sites is 1. The minimum absolute atomic E-state index is 0. The quantitative estimate of drug-likeness (QED) is 0.199. The van der Waals surface area contributed by atoms with Gasteiger partial charge in [0.25, 0.3) is 0 Å². The van der Waals surface area contributed by atoms with Crippen molar-refractivity contribution >= 4 is 35.8 Å². The van der Waals surface area contributed by atoms with Crippen molar-refractivity contribution in [3.63, 3.8) is 0 Å². The van der Waals surface area contributed by atoms with Crippen LogP contribution in [0.2, 0.25) is 0 Å². The molecule has 9 heteroatoms. The Labute approximate surface area is 211 Å². The van der Waals surface area contributed by atoms with E-state index in [-0.39, 0.29) is 35.8 Å². The van der Waals surface area contributed by atoms with Crippen LogP contribution in [0.3, 0.4) is 0 Å². The number of nitrogens with zero attached hydrogens (tertiary/aromatic N) is 5. The second-order valence-electron chi connectivity index (χ2n) is 8.01. The second-order valence-corrected chi connectivity index (χ2v) is 8.01. The number of halogens is 2. The highest BCUT2D eigenvalue weighted by Gasteiger charge is 2.25. The van der Waals surface area contributed by atoms with Crippen molar-refractivity contribution in [2.24, 2.45) is 4.99 Å². The summed E-state index contributed by atoms with van der Waals surface area (Å²) < 4.78 is 15.9. The first-order valence-corrected chi connectivity index (χ1v) is 11.1. The van der Waals surface area contributed by atoms with E-state index < -0.39 is 0 Å². The highest BCUT2D eigenvalue weighted by molar-refractivity contribution is 14.0. The monoisotopic (exact) mass is 563 g/mol. The van der Waals surface area contributed by atoms with E-state index in [1.165, 1.54) is 11.6 Å². The first-order valence-electron chi connectivity index (χ1n) is 11.1. The van der Waals surface area contributed by atoms with Crippen LogP contribution in [0.4, 0.5) is 10.2 Å². The third-order valence-corrected chi connectivity index (χ3v) is 5.73. The lowest BCUT2D eigenvalue weighted by molar-refractivity contribution is 0.612. The minimum atomic E-state index is -0.276. The summed E-state index contributed by atoms with van der Waals surface area (Å²) in [4.78, 5) is 10.5. The van der Waals surface area contributed by atoms with Gasteiger partial charge in [-0.3, -0.25) is 4.99 Å².